The average molecular weight is 376 g/mol. The predicted molar refractivity (Wildman–Crippen MR) is 111 cm³/mol. The Morgan fingerprint density at radius 1 is 1.26 bits per heavy atom. The number of nitrogens with one attached hydrogen (secondary N) is 1. The molecule has 5 nitrogen and oxygen atoms in total. The molecule has 5 heteroatoms. The molecule has 0 spiro atoms. The minimum Gasteiger partial charge on any atom is -0.382 e. The number of benzene rings is 1. The highest BCUT2D eigenvalue weighted by Crippen LogP contribution is 2.27. The molecule has 3 atom stereocenters. The SMILES string of the molecule is CCC(C)CCN(Nc1ccccc1)C(=O)C(O)[C@H](N)CC1CCCCC1. The van der Waals surface area contributed by atoms with Gasteiger partial charge in [0.2, 0.25) is 0 Å². The molecular formula is C22H37N3O2. The van der Waals surface area contributed by atoms with Gasteiger partial charge in [-0.3, -0.25) is 15.2 Å². The monoisotopic (exact) mass is 375 g/mol. The molecule has 1 fully saturated rings. The van der Waals surface area contributed by atoms with Gasteiger partial charge in [0.05, 0.1) is 5.69 Å². The van der Waals surface area contributed by atoms with Crippen LogP contribution in [0.5, 0.6) is 0 Å². The number of para-hydroxylation sites is 1. The van der Waals surface area contributed by atoms with Gasteiger partial charge in [-0.25, -0.2) is 0 Å². The third-order valence-electron chi connectivity index (χ3n) is 5.84. The number of amides is 1. The molecule has 1 aliphatic rings. The number of hydrazine groups is 1. The Morgan fingerprint density at radius 3 is 2.56 bits per heavy atom. The summed E-state index contributed by atoms with van der Waals surface area (Å²) in [7, 11) is 0. The van der Waals surface area contributed by atoms with E-state index in [1.165, 1.54) is 19.3 Å². The van der Waals surface area contributed by atoms with Gasteiger partial charge in [0, 0.05) is 12.6 Å². The van der Waals surface area contributed by atoms with E-state index in [2.05, 4.69) is 19.3 Å². The molecule has 0 radical (unpaired) electrons. The second kappa shape index (κ2) is 11.3. The van der Waals surface area contributed by atoms with Crippen molar-refractivity contribution in [2.45, 2.75) is 77.4 Å². The fraction of sp³-hybridized carbons (Fsp3) is 0.682. The van der Waals surface area contributed by atoms with Crippen LogP contribution in [0.25, 0.3) is 0 Å². The van der Waals surface area contributed by atoms with Gasteiger partial charge in [-0.2, -0.15) is 0 Å². The Bertz CT molecular complexity index is 546. The fourth-order valence-corrected chi connectivity index (χ4v) is 3.72. The molecular weight excluding hydrogens is 338 g/mol. The molecule has 0 bridgehead atoms. The van der Waals surface area contributed by atoms with Crippen LogP contribution in [0.1, 0.15) is 65.2 Å². The van der Waals surface area contributed by atoms with Gasteiger partial charge in [0.25, 0.3) is 5.91 Å². The normalized spacial score (nSPS) is 18.5. The predicted octanol–water partition coefficient (Wildman–Crippen LogP) is 3.94. The highest BCUT2D eigenvalue weighted by Gasteiger charge is 2.30. The Kier molecular flexibility index (Phi) is 9.08. The molecule has 2 unspecified atom stereocenters. The molecule has 27 heavy (non-hydrogen) atoms. The van der Waals surface area contributed by atoms with Crippen molar-refractivity contribution >= 4 is 11.6 Å². The van der Waals surface area contributed by atoms with Crippen LogP contribution in [-0.4, -0.2) is 34.7 Å². The summed E-state index contributed by atoms with van der Waals surface area (Å²) in [5, 5.41) is 12.2. The third kappa shape index (κ3) is 7.15. The molecule has 2 rings (SSSR count). The van der Waals surface area contributed by atoms with E-state index in [-0.39, 0.29) is 5.91 Å². The standard InChI is InChI=1S/C22H37N3O2/c1-3-17(2)14-15-25(24-19-12-8-5-9-13-19)22(27)21(26)20(23)16-18-10-6-4-7-11-18/h5,8-9,12-13,17-18,20-21,24,26H,3-4,6-7,10-11,14-16,23H2,1-2H3/t17?,20-,21?/m1/s1. The zero-order chi connectivity index (χ0) is 19.6. The number of hydrogen-bond donors (Lipinski definition) is 3. The number of anilines is 1. The number of nitrogens with two attached hydrogens (primary N) is 1. The van der Waals surface area contributed by atoms with Crippen LogP contribution >= 0.6 is 0 Å². The van der Waals surface area contributed by atoms with E-state index in [1.54, 1.807) is 5.01 Å². The minimum absolute atomic E-state index is 0.328. The molecule has 0 heterocycles. The van der Waals surface area contributed by atoms with Gasteiger partial charge < -0.3 is 10.8 Å². The molecule has 4 N–H and O–H groups in total. The van der Waals surface area contributed by atoms with Gasteiger partial charge in [-0.05, 0) is 36.8 Å². The van der Waals surface area contributed by atoms with Crippen LogP contribution in [-0.2, 0) is 4.79 Å². The lowest BCUT2D eigenvalue weighted by molar-refractivity contribution is -0.140. The highest BCUT2D eigenvalue weighted by atomic mass is 16.3. The van der Waals surface area contributed by atoms with Crippen molar-refractivity contribution in [2.24, 2.45) is 17.6 Å². The van der Waals surface area contributed by atoms with E-state index in [9.17, 15) is 9.90 Å². The molecule has 1 aromatic rings. The van der Waals surface area contributed by atoms with Crippen molar-refractivity contribution in [3.63, 3.8) is 0 Å². The summed E-state index contributed by atoms with van der Waals surface area (Å²) in [5.41, 5.74) is 10.2. The van der Waals surface area contributed by atoms with Crippen molar-refractivity contribution < 1.29 is 9.90 Å². The van der Waals surface area contributed by atoms with E-state index < -0.39 is 12.1 Å². The number of carbonyl (C=O) groups is 1. The second-order valence-electron chi connectivity index (χ2n) is 8.12. The fourth-order valence-electron chi connectivity index (χ4n) is 3.72. The molecule has 1 aromatic carbocycles. The summed E-state index contributed by atoms with van der Waals surface area (Å²) in [6.45, 7) is 4.88. The van der Waals surface area contributed by atoms with Crippen molar-refractivity contribution in [3.8, 4) is 0 Å². The number of hydrogen-bond acceptors (Lipinski definition) is 4. The molecule has 0 aliphatic heterocycles. The Balaban J connectivity index is 1.98. The Labute approximate surface area is 164 Å². The first kappa shape index (κ1) is 21.7. The first-order valence-electron chi connectivity index (χ1n) is 10.6. The van der Waals surface area contributed by atoms with E-state index >= 15 is 0 Å². The van der Waals surface area contributed by atoms with Crippen LogP contribution in [0.15, 0.2) is 30.3 Å². The summed E-state index contributed by atoms with van der Waals surface area (Å²) in [6, 6.07) is 9.10. The molecule has 0 aromatic heterocycles. The lowest BCUT2D eigenvalue weighted by atomic mass is 9.84. The maximum atomic E-state index is 13.0. The quantitative estimate of drug-likeness (QED) is 0.541. The van der Waals surface area contributed by atoms with Crippen LogP contribution in [0.4, 0.5) is 5.69 Å². The largest absolute Gasteiger partial charge is 0.382 e. The average Bonchev–Trinajstić information content (AvgIpc) is 2.71. The van der Waals surface area contributed by atoms with Crippen molar-refractivity contribution in [3.05, 3.63) is 30.3 Å². The Hall–Kier alpha value is -1.59. The summed E-state index contributed by atoms with van der Waals surface area (Å²) >= 11 is 0. The zero-order valence-corrected chi connectivity index (χ0v) is 16.9. The lowest BCUT2D eigenvalue weighted by Gasteiger charge is -2.31. The number of aliphatic hydroxyl groups is 1. The molecule has 152 valence electrons. The number of rotatable bonds is 10. The topological polar surface area (TPSA) is 78.6 Å². The molecule has 0 saturated heterocycles. The summed E-state index contributed by atoms with van der Waals surface area (Å²) in [5.74, 6) is 0.725. The van der Waals surface area contributed by atoms with Crippen LogP contribution in [0.2, 0.25) is 0 Å². The minimum atomic E-state index is -1.17. The van der Waals surface area contributed by atoms with Crippen molar-refractivity contribution in [2.75, 3.05) is 12.0 Å². The third-order valence-corrected chi connectivity index (χ3v) is 5.84. The molecule has 1 amide bonds. The van der Waals surface area contributed by atoms with Gasteiger partial charge in [-0.1, -0.05) is 70.6 Å². The van der Waals surface area contributed by atoms with Gasteiger partial charge in [-0.15, -0.1) is 0 Å². The van der Waals surface area contributed by atoms with E-state index in [0.29, 0.717) is 18.4 Å². The van der Waals surface area contributed by atoms with Crippen LogP contribution in [0.3, 0.4) is 0 Å². The maximum Gasteiger partial charge on any atom is 0.271 e. The van der Waals surface area contributed by atoms with E-state index in [1.807, 2.05) is 30.3 Å². The van der Waals surface area contributed by atoms with Gasteiger partial charge >= 0.3 is 0 Å². The van der Waals surface area contributed by atoms with Crippen molar-refractivity contribution in [1.29, 1.82) is 0 Å². The zero-order valence-electron chi connectivity index (χ0n) is 16.9. The van der Waals surface area contributed by atoms with Gasteiger partial charge in [0.1, 0.15) is 6.10 Å². The summed E-state index contributed by atoms with van der Waals surface area (Å²) < 4.78 is 0. The lowest BCUT2D eigenvalue weighted by Crippen LogP contribution is -2.51. The number of aliphatic hydroxyl groups excluding tert-OH is 1. The van der Waals surface area contributed by atoms with E-state index in [4.69, 9.17) is 5.73 Å². The first-order chi connectivity index (χ1) is 13.0. The summed E-state index contributed by atoms with van der Waals surface area (Å²) in [4.78, 5) is 13.0. The summed E-state index contributed by atoms with van der Waals surface area (Å²) in [6.07, 6.45) is 7.58. The second-order valence-corrected chi connectivity index (χ2v) is 8.12. The molecule has 1 aliphatic carbocycles. The highest BCUT2D eigenvalue weighted by molar-refractivity contribution is 5.82. The van der Waals surface area contributed by atoms with Gasteiger partial charge in [0.15, 0.2) is 0 Å². The number of nitrogens with zero attached hydrogens (tertiary/aromatic N) is 1. The van der Waals surface area contributed by atoms with Crippen LogP contribution < -0.4 is 11.2 Å². The van der Waals surface area contributed by atoms with E-state index in [0.717, 1.165) is 37.8 Å². The van der Waals surface area contributed by atoms with Crippen LogP contribution in [0, 0.1) is 11.8 Å². The first-order valence-corrected chi connectivity index (χ1v) is 10.6. The smallest absolute Gasteiger partial charge is 0.271 e. The number of carbonyl (C=O) groups excluding carboxylic acids is 1. The molecule has 1 saturated carbocycles. The van der Waals surface area contributed by atoms with Crippen molar-refractivity contribution in [1.82, 2.24) is 5.01 Å². The maximum absolute atomic E-state index is 13.0. The Morgan fingerprint density at radius 2 is 1.93 bits per heavy atom.